The van der Waals surface area contributed by atoms with E-state index in [0.29, 0.717) is 12.5 Å². The van der Waals surface area contributed by atoms with Crippen molar-refractivity contribution >= 4 is 23.6 Å². The maximum atomic E-state index is 11.7. The average Bonchev–Trinajstić information content (AvgIpc) is 2.80. The Labute approximate surface area is 99.1 Å². The number of thioether (sulfide) groups is 1. The van der Waals surface area contributed by atoms with Crippen LogP contribution in [0.1, 0.15) is 6.42 Å². The van der Waals surface area contributed by atoms with Crippen molar-refractivity contribution in [2.45, 2.75) is 12.5 Å². The summed E-state index contributed by atoms with van der Waals surface area (Å²) in [6, 6.07) is -0.272. The van der Waals surface area contributed by atoms with Crippen molar-refractivity contribution in [3.63, 3.8) is 0 Å². The number of hydrogen-bond donors (Lipinski definition) is 3. The molecule has 16 heavy (non-hydrogen) atoms. The van der Waals surface area contributed by atoms with E-state index in [1.807, 2.05) is 11.8 Å². The van der Waals surface area contributed by atoms with E-state index < -0.39 is 0 Å². The largest absolute Gasteiger partial charge is 0.354 e. The van der Waals surface area contributed by atoms with Gasteiger partial charge in [0.2, 0.25) is 11.8 Å². The van der Waals surface area contributed by atoms with Gasteiger partial charge in [-0.1, -0.05) is 0 Å². The van der Waals surface area contributed by atoms with Gasteiger partial charge in [0.1, 0.15) is 6.04 Å². The summed E-state index contributed by atoms with van der Waals surface area (Å²) in [5.41, 5.74) is 0. The second kappa shape index (κ2) is 5.54. The third-order valence-electron chi connectivity index (χ3n) is 2.92. The van der Waals surface area contributed by atoms with Gasteiger partial charge in [0.05, 0.1) is 6.54 Å². The van der Waals surface area contributed by atoms with Crippen molar-refractivity contribution in [3.05, 3.63) is 0 Å². The number of carbonyl (C=O) groups is 2. The molecule has 0 aromatic rings. The van der Waals surface area contributed by atoms with Crippen molar-refractivity contribution in [2.75, 3.05) is 31.1 Å². The van der Waals surface area contributed by atoms with Gasteiger partial charge in [-0.05, 0) is 23.8 Å². The molecule has 2 aliphatic rings. The Morgan fingerprint density at radius 3 is 3.06 bits per heavy atom. The zero-order valence-electron chi connectivity index (χ0n) is 9.12. The maximum absolute atomic E-state index is 11.7. The molecule has 6 heteroatoms. The molecule has 2 fully saturated rings. The average molecular weight is 243 g/mol. The van der Waals surface area contributed by atoms with Crippen LogP contribution in [0.4, 0.5) is 0 Å². The van der Waals surface area contributed by atoms with Crippen LogP contribution >= 0.6 is 11.8 Å². The standard InChI is InChI=1S/C10H17N3O2S/c14-9-5-11-8(4-12-9)10(15)13-3-7-1-2-16-6-7/h7-8,11H,1-6H2,(H,12,14)(H,13,15). The molecule has 2 aliphatic heterocycles. The van der Waals surface area contributed by atoms with E-state index in [4.69, 9.17) is 0 Å². The minimum atomic E-state index is -0.272. The molecule has 0 aromatic heterocycles. The fraction of sp³-hybridized carbons (Fsp3) is 0.800. The lowest BCUT2D eigenvalue weighted by Gasteiger charge is -2.23. The van der Waals surface area contributed by atoms with Gasteiger partial charge in [-0.2, -0.15) is 11.8 Å². The lowest BCUT2D eigenvalue weighted by molar-refractivity contribution is -0.126. The highest BCUT2D eigenvalue weighted by Gasteiger charge is 2.24. The highest BCUT2D eigenvalue weighted by atomic mass is 32.2. The van der Waals surface area contributed by atoms with Crippen molar-refractivity contribution < 1.29 is 9.59 Å². The van der Waals surface area contributed by atoms with Crippen LogP contribution in [0.25, 0.3) is 0 Å². The van der Waals surface area contributed by atoms with Gasteiger partial charge < -0.3 is 10.6 Å². The molecule has 0 bridgehead atoms. The highest BCUT2D eigenvalue weighted by molar-refractivity contribution is 7.99. The molecule has 2 saturated heterocycles. The van der Waals surface area contributed by atoms with Gasteiger partial charge in [0, 0.05) is 13.1 Å². The quantitative estimate of drug-likeness (QED) is 0.591. The zero-order valence-corrected chi connectivity index (χ0v) is 9.94. The SMILES string of the molecule is O=C1CNC(C(=O)NCC2CCSC2)CN1. The maximum Gasteiger partial charge on any atom is 0.238 e. The highest BCUT2D eigenvalue weighted by Crippen LogP contribution is 2.22. The molecule has 2 heterocycles. The summed E-state index contributed by atoms with van der Waals surface area (Å²) in [5.74, 6) is 2.92. The van der Waals surface area contributed by atoms with E-state index in [0.717, 1.165) is 12.3 Å². The second-order valence-corrected chi connectivity index (χ2v) is 5.36. The van der Waals surface area contributed by atoms with Gasteiger partial charge in [-0.25, -0.2) is 0 Å². The molecule has 0 spiro atoms. The number of piperazine rings is 1. The zero-order chi connectivity index (χ0) is 11.4. The smallest absolute Gasteiger partial charge is 0.238 e. The van der Waals surface area contributed by atoms with E-state index in [1.54, 1.807) is 0 Å². The van der Waals surface area contributed by atoms with E-state index in [1.165, 1.54) is 12.2 Å². The fourth-order valence-corrected chi connectivity index (χ4v) is 3.15. The first-order chi connectivity index (χ1) is 7.75. The molecule has 2 amide bonds. The van der Waals surface area contributed by atoms with Crippen LogP contribution in [0, 0.1) is 5.92 Å². The lowest BCUT2D eigenvalue weighted by Crippen LogP contribution is -2.58. The van der Waals surface area contributed by atoms with Crippen molar-refractivity contribution in [2.24, 2.45) is 5.92 Å². The Balaban J connectivity index is 1.68. The number of rotatable bonds is 3. The van der Waals surface area contributed by atoms with Gasteiger partial charge >= 0.3 is 0 Å². The number of hydrogen-bond acceptors (Lipinski definition) is 4. The summed E-state index contributed by atoms with van der Waals surface area (Å²) < 4.78 is 0. The van der Waals surface area contributed by atoms with Crippen LogP contribution in [0.2, 0.25) is 0 Å². The molecule has 3 N–H and O–H groups in total. The molecule has 0 aliphatic carbocycles. The van der Waals surface area contributed by atoms with Crippen molar-refractivity contribution in [1.82, 2.24) is 16.0 Å². The molecule has 2 unspecified atom stereocenters. The van der Waals surface area contributed by atoms with Crippen LogP contribution in [0.15, 0.2) is 0 Å². The number of amides is 2. The fourth-order valence-electron chi connectivity index (χ4n) is 1.86. The van der Waals surface area contributed by atoms with Crippen LogP contribution in [-0.2, 0) is 9.59 Å². The molecule has 0 radical (unpaired) electrons. The molecule has 5 nitrogen and oxygen atoms in total. The topological polar surface area (TPSA) is 70.2 Å². The molecule has 0 aromatic carbocycles. The molecular weight excluding hydrogens is 226 g/mol. The lowest BCUT2D eigenvalue weighted by atomic mass is 10.1. The van der Waals surface area contributed by atoms with Crippen LogP contribution in [-0.4, -0.2) is 49.0 Å². The van der Waals surface area contributed by atoms with Gasteiger partial charge in [-0.15, -0.1) is 0 Å². The molecular formula is C10H17N3O2S. The van der Waals surface area contributed by atoms with Crippen LogP contribution in [0.5, 0.6) is 0 Å². The summed E-state index contributed by atoms with van der Waals surface area (Å²) in [6.07, 6.45) is 1.19. The first-order valence-electron chi connectivity index (χ1n) is 5.61. The summed E-state index contributed by atoms with van der Waals surface area (Å²) in [6.45, 7) is 1.39. The van der Waals surface area contributed by atoms with Gasteiger partial charge in [0.25, 0.3) is 0 Å². The van der Waals surface area contributed by atoms with Crippen LogP contribution in [0.3, 0.4) is 0 Å². The third kappa shape index (κ3) is 3.12. The summed E-state index contributed by atoms with van der Waals surface area (Å²) >= 11 is 1.95. The van der Waals surface area contributed by atoms with Crippen LogP contribution < -0.4 is 16.0 Å². The Hall–Kier alpha value is -0.750. The Morgan fingerprint density at radius 2 is 2.44 bits per heavy atom. The van der Waals surface area contributed by atoms with E-state index in [-0.39, 0.29) is 24.4 Å². The Bertz CT molecular complexity index is 269. The van der Waals surface area contributed by atoms with Gasteiger partial charge in [-0.3, -0.25) is 14.9 Å². The molecule has 0 saturated carbocycles. The third-order valence-corrected chi connectivity index (χ3v) is 4.15. The minimum absolute atomic E-state index is 0.00287. The summed E-state index contributed by atoms with van der Waals surface area (Å²) in [5, 5.41) is 8.53. The van der Waals surface area contributed by atoms with E-state index >= 15 is 0 Å². The molecule has 2 atom stereocenters. The predicted octanol–water partition coefficient (Wildman–Crippen LogP) is -1.06. The molecule has 90 valence electrons. The van der Waals surface area contributed by atoms with Crippen molar-refractivity contribution in [1.29, 1.82) is 0 Å². The first kappa shape index (κ1) is 11.7. The second-order valence-electron chi connectivity index (χ2n) is 4.21. The predicted molar refractivity (Wildman–Crippen MR) is 63.2 cm³/mol. The summed E-state index contributed by atoms with van der Waals surface area (Å²) in [7, 11) is 0. The Morgan fingerprint density at radius 1 is 1.56 bits per heavy atom. The van der Waals surface area contributed by atoms with E-state index in [9.17, 15) is 9.59 Å². The first-order valence-corrected chi connectivity index (χ1v) is 6.76. The monoisotopic (exact) mass is 243 g/mol. The molecule has 2 rings (SSSR count). The number of carbonyl (C=O) groups excluding carboxylic acids is 2. The van der Waals surface area contributed by atoms with Gasteiger partial charge in [0.15, 0.2) is 0 Å². The van der Waals surface area contributed by atoms with Crippen molar-refractivity contribution in [3.8, 4) is 0 Å². The Kier molecular flexibility index (Phi) is 4.06. The normalized spacial score (nSPS) is 29.9. The summed E-state index contributed by atoms with van der Waals surface area (Å²) in [4.78, 5) is 22.6. The van der Waals surface area contributed by atoms with E-state index in [2.05, 4.69) is 16.0 Å². The number of nitrogens with one attached hydrogen (secondary N) is 3. The minimum Gasteiger partial charge on any atom is -0.354 e.